The van der Waals surface area contributed by atoms with Crippen molar-refractivity contribution >= 4 is 28.9 Å². The number of hydrazine groups is 1. The summed E-state index contributed by atoms with van der Waals surface area (Å²) in [4.78, 5) is 27.5. The quantitative estimate of drug-likeness (QED) is 0.520. The molecule has 0 atom stereocenters. The molecule has 0 saturated heterocycles. The van der Waals surface area contributed by atoms with Crippen molar-refractivity contribution in [2.45, 2.75) is 19.6 Å². The summed E-state index contributed by atoms with van der Waals surface area (Å²) in [7, 11) is 0. The number of nitrogens with zero attached hydrogens (tertiary/aromatic N) is 2. The van der Waals surface area contributed by atoms with Gasteiger partial charge in [-0.05, 0) is 30.7 Å². The zero-order valence-corrected chi connectivity index (χ0v) is 15.3. The molecule has 0 saturated carbocycles. The fourth-order valence-corrected chi connectivity index (χ4v) is 2.66. The minimum atomic E-state index is -4.72. The molecule has 0 aliphatic heterocycles. The lowest BCUT2D eigenvalue weighted by Crippen LogP contribution is -2.42. The third-order valence-corrected chi connectivity index (χ3v) is 4.04. The molecule has 150 valence electrons. The van der Waals surface area contributed by atoms with Gasteiger partial charge in [-0.2, -0.15) is 13.2 Å². The number of alkyl halides is 3. The number of benzene rings is 2. The van der Waals surface area contributed by atoms with E-state index >= 15 is 0 Å². The SMILES string of the molecule is Cc1ccc(/C=C/C(=O)NNC(=O)Cn2c(C(F)(F)F)nc3ccccc32)cc1. The van der Waals surface area contributed by atoms with E-state index in [0.29, 0.717) is 0 Å². The summed E-state index contributed by atoms with van der Waals surface area (Å²) in [6, 6.07) is 13.4. The molecule has 9 heteroatoms. The summed E-state index contributed by atoms with van der Waals surface area (Å²) in [5, 5.41) is 0. The zero-order valence-electron chi connectivity index (χ0n) is 15.3. The van der Waals surface area contributed by atoms with Gasteiger partial charge in [0.15, 0.2) is 0 Å². The maximum Gasteiger partial charge on any atom is 0.449 e. The summed E-state index contributed by atoms with van der Waals surface area (Å²) in [6.45, 7) is 1.28. The van der Waals surface area contributed by atoms with Crippen LogP contribution in [0.3, 0.4) is 0 Å². The number of carbonyl (C=O) groups excluding carboxylic acids is 2. The van der Waals surface area contributed by atoms with Crippen LogP contribution in [0.15, 0.2) is 54.6 Å². The molecular weight excluding hydrogens is 385 g/mol. The van der Waals surface area contributed by atoms with Gasteiger partial charge in [-0.25, -0.2) is 4.98 Å². The van der Waals surface area contributed by atoms with Crippen molar-refractivity contribution < 1.29 is 22.8 Å². The van der Waals surface area contributed by atoms with Crippen molar-refractivity contribution in [3.8, 4) is 0 Å². The predicted molar refractivity (Wildman–Crippen MR) is 101 cm³/mol. The van der Waals surface area contributed by atoms with E-state index in [4.69, 9.17) is 0 Å². The number of carbonyl (C=O) groups is 2. The third-order valence-electron chi connectivity index (χ3n) is 4.04. The van der Waals surface area contributed by atoms with Gasteiger partial charge >= 0.3 is 6.18 Å². The highest BCUT2D eigenvalue weighted by molar-refractivity contribution is 5.93. The van der Waals surface area contributed by atoms with Crippen LogP contribution < -0.4 is 10.9 Å². The zero-order chi connectivity index (χ0) is 21.0. The van der Waals surface area contributed by atoms with Crippen molar-refractivity contribution in [2.75, 3.05) is 0 Å². The van der Waals surface area contributed by atoms with Gasteiger partial charge < -0.3 is 4.57 Å². The average Bonchev–Trinajstić information content (AvgIpc) is 3.05. The first kappa shape index (κ1) is 20.1. The lowest BCUT2D eigenvalue weighted by Gasteiger charge is -2.11. The molecule has 29 heavy (non-hydrogen) atoms. The van der Waals surface area contributed by atoms with E-state index < -0.39 is 30.4 Å². The van der Waals surface area contributed by atoms with E-state index in [-0.39, 0.29) is 11.0 Å². The molecule has 0 radical (unpaired) electrons. The number of fused-ring (bicyclic) bond motifs is 1. The minimum absolute atomic E-state index is 0.123. The smallest absolute Gasteiger partial charge is 0.311 e. The topological polar surface area (TPSA) is 76.0 Å². The first-order valence-corrected chi connectivity index (χ1v) is 8.60. The maximum absolute atomic E-state index is 13.2. The highest BCUT2D eigenvalue weighted by Crippen LogP contribution is 2.31. The summed E-state index contributed by atoms with van der Waals surface area (Å²) in [6.07, 6.45) is -1.97. The Labute approximate surface area is 164 Å². The highest BCUT2D eigenvalue weighted by atomic mass is 19.4. The normalized spacial score (nSPS) is 11.7. The Balaban J connectivity index is 1.65. The van der Waals surface area contributed by atoms with Crippen LogP contribution in [0.2, 0.25) is 0 Å². The van der Waals surface area contributed by atoms with E-state index in [1.807, 2.05) is 31.2 Å². The number of aromatic nitrogens is 2. The van der Waals surface area contributed by atoms with Crippen LogP contribution in [0.5, 0.6) is 0 Å². The molecule has 0 aliphatic rings. The number of imidazole rings is 1. The predicted octanol–water partition coefficient (Wildman–Crippen LogP) is 3.22. The van der Waals surface area contributed by atoms with Gasteiger partial charge in [-0.15, -0.1) is 0 Å². The van der Waals surface area contributed by atoms with Crippen molar-refractivity contribution in [1.82, 2.24) is 20.4 Å². The number of nitrogens with one attached hydrogen (secondary N) is 2. The minimum Gasteiger partial charge on any atom is -0.311 e. The van der Waals surface area contributed by atoms with E-state index in [9.17, 15) is 22.8 Å². The Morgan fingerprint density at radius 2 is 1.76 bits per heavy atom. The van der Waals surface area contributed by atoms with Crippen molar-refractivity contribution in [3.63, 3.8) is 0 Å². The second kappa shape index (κ2) is 8.17. The highest BCUT2D eigenvalue weighted by Gasteiger charge is 2.38. The number of halogens is 3. The van der Waals surface area contributed by atoms with Gasteiger partial charge in [0.05, 0.1) is 11.0 Å². The van der Waals surface area contributed by atoms with Crippen molar-refractivity contribution in [3.05, 3.63) is 71.6 Å². The van der Waals surface area contributed by atoms with E-state index in [2.05, 4.69) is 15.8 Å². The van der Waals surface area contributed by atoms with Crippen LogP contribution in [0, 0.1) is 6.92 Å². The van der Waals surface area contributed by atoms with Gasteiger partial charge in [0.1, 0.15) is 6.54 Å². The molecule has 1 aromatic heterocycles. The monoisotopic (exact) mass is 402 g/mol. The maximum atomic E-state index is 13.2. The lowest BCUT2D eigenvalue weighted by molar-refractivity contribution is -0.147. The third kappa shape index (κ3) is 5.01. The molecule has 0 unspecified atom stereocenters. The number of aryl methyl sites for hydroxylation is 1. The summed E-state index contributed by atoms with van der Waals surface area (Å²) in [5.74, 6) is -2.62. The Hall–Kier alpha value is -3.62. The first-order chi connectivity index (χ1) is 13.7. The Morgan fingerprint density at radius 3 is 2.45 bits per heavy atom. The van der Waals surface area contributed by atoms with Crippen molar-refractivity contribution in [2.24, 2.45) is 0 Å². The van der Waals surface area contributed by atoms with Gasteiger partial charge in [-0.1, -0.05) is 42.0 Å². The molecule has 1 heterocycles. The van der Waals surface area contributed by atoms with E-state index in [1.165, 1.54) is 18.2 Å². The van der Waals surface area contributed by atoms with Crippen LogP contribution in [0.25, 0.3) is 17.1 Å². The fourth-order valence-electron chi connectivity index (χ4n) is 2.66. The van der Waals surface area contributed by atoms with Gasteiger partial charge in [0.25, 0.3) is 11.8 Å². The van der Waals surface area contributed by atoms with Crippen LogP contribution in [0.4, 0.5) is 13.2 Å². The molecule has 6 nitrogen and oxygen atoms in total. The Bertz CT molecular complexity index is 1070. The van der Waals surface area contributed by atoms with Gasteiger partial charge in [0, 0.05) is 6.08 Å². The summed E-state index contributed by atoms with van der Waals surface area (Å²) >= 11 is 0. The lowest BCUT2D eigenvalue weighted by atomic mass is 10.1. The molecule has 3 rings (SSSR count). The van der Waals surface area contributed by atoms with E-state index in [0.717, 1.165) is 15.7 Å². The van der Waals surface area contributed by atoms with Crippen LogP contribution in [-0.4, -0.2) is 21.4 Å². The van der Waals surface area contributed by atoms with E-state index in [1.54, 1.807) is 18.2 Å². The van der Waals surface area contributed by atoms with Gasteiger partial charge in [0.2, 0.25) is 5.82 Å². The van der Waals surface area contributed by atoms with Crippen LogP contribution in [0.1, 0.15) is 17.0 Å². The summed E-state index contributed by atoms with van der Waals surface area (Å²) in [5.41, 5.74) is 6.40. The second-order valence-corrected chi connectivity index (χ2v) is 6.29. The molecule has 2 amide bonds. The number of hydrogen-bond acceptors (Lipinski definition) is 3. The second-order valence-electron chi connectivity index (χ2n) is 6.29. The standard InChI is InChI=1S/C20H17F3N4O2/c1-13-6-8-14(9-7-13)10-11-17(28)25-26-18(29)12-27-16-5-3-2-4-15(16)24-19(27)20(21,22)23/h2-11H,12H2,1H3,(H,25,28)(H,26,29)/b11-10+. The molecule has 2 N–H and O–H groups in total. The molecule has 3 aromatic rings. The number of para-hydroxylation sites is 2. The molecule has 0 fully saturated rings. The van der Waals surface area contributed by atoms with Crippen LogP contribution >= 0.6 is 0 Å². The average molecular weight is 402 g/mol. The number of rotatable bonds is 4. The molecule has 0 aliphatic carbocycles. The number of amides is 2. The summed E-state index contributed by atoms with van der Waals surface area (Å²) < 4.78 is 40.5. The molecule has 0 bridgehead atoms. The fraction of sp³-hybridized carbons (Fsp3) is 0.150. The molecule has 0 spiro atoms. The number of hydrogen-bond donors (Lipinski definition) is 2. The first-order valence-electron chi connectivity index (χ1n) is 8.60. The largest absolute Gasteiger partial charge is 0.449 e. The Morgan fingerprint density at radius 1 is 1.07 bits per heavy atom. The van der Waals surface area contributed by atoms with Crippen molar-refractivity contribution in [1.29, 1.82) is 0 Å². The molecular formula is C20H17F3N4O2. The Kier molecular flexibility index (Phi) is 5.67. The van der Waals surface area contributed by atoms with Gasteiger partial charge in [-0.3, -0.25) is 20.4 Å². The molecule has 2 aromatic carbocycles. The van der Waals surface area contributed by atoms with Crippen LogP contribution in [-0.2, 0) is 22.3 Å².